The van der Waals surface area contributed by atoms with E-state index in [0.717, 1.165) is 17.8 Å². The fourth-order valence-electron chi connectivity index (χ4n) is 2.09. The molecule has 2 nitrogen and oxygen atoms in total. The summed E-state index contributed by atoms with van der Waals surface area (Å²) in [5, 5.41) is 2.13. The molecule has 3 heteroatoms. The van der Waals surface area contributed by atoms with Crippen molar-refractivity contribution in [1.82, 2.24) is 0 Å². The fourth-order valence-corrected chi connectivity index (χ4v) is 2.92. The predicted molar refractivity (Wildman–Crippen MR) is 81.5 cm³/mol. The summed E-state index contributed by atoms with van der Waals surface area (Å²) in [6.45, 7) is 4.30. The normalized spacial score (nSPS) is 12.4. The Morgan fingerprint density at radius 2 is 2.11 bits per heavy atom. The van der Waals surface area contributed by atoms with Crippen molar-refractivity contribution < 1.29 is 0 Å². The third-order valence-corrected chi connectivity index (χ3v) is 4.20. The lowest BCUT2D eigenvalue weighted by Gasteiger charge is -2.28. The molecule has 0 fully saturated rings. The minimum absolute atomic E-state index is 0.439. The first-order valence-corrected chi connectivity index (χ1v) is 7.07. The summed E-state index contributed by atoms with van der Waals surface area (Å²) in [5.41, 5.74) is 9.27. The molecule has 1 atom stereocenters. The monoisotopic (exact) mass is 260 g/mol. The number of rotatable bonds is 4. The first-order valence-electron chi connectivity index (χ1n) is 6.19. The van der Waals surface area contributed by atoms with Gasteiger partial charge >= 0.3 is 0 Å². The van der Waals surface area contributed by atoms with Gasteiger partial charge in [0.1, 0.15) is 0 Å². The van der Waals surface area contributed by atoms with Crippen LogP contribution >= 0.6 is 11.3 Å². The number of nitrogen functional groups attached to an aromatic ring is 1. The van der Waals surface area contributed by atoms with E-state index in [0.29, 0.717) is 6.04 Å². The van der Waals surface area contributed by atoms with Crippen LogP contribution in [0.4, 0.5) is 11.4 Å². The zero-order chi connectivity index (χ0) is 13.1. The zero-order valence-corrected chi connectivity index (χ0v) is 12.0. The van der Waals surface area contributed by atoms with Crippen LogP contribution in [0.5, 0.6) is 0 Å². The molecule has 96 valence electrons. The highest BCUT2D eigenvalue weighted by molar-refractivity contribution is 7.09. The molecular weight excluding hydrogens is 240 g/mol. The highest BCUT2D eigenvalue weighted by Crippen LogP contribution is 2.26. The second-order valence-electron chi connectivity index (χ2n) is 4.81. The Labute approximate surface area is 113 Å². The maximum Gasteiger partial charge on any atom is 0.0600 e. The van der Waals surface area contributed by atoms with Crippen molar-refractivity contribution in [2.45, 2.75) is 26.3 Å². The van der Waals surface area contributed by atoms with Gasteiger partial charge in [0, 0.05) is 24.4 Å². The zero-order valence-electron chi connectivity index (χ0n) is 11.2. The Kier molecular flexibility index (Phi) is 3.92. The van der Waals surface area contributed by atoms with Crippen molar-refractivity contribution >= 4 is 22.7 Å². The highest BCUT2D eigenvalue weighted by atomic mass is 32.1. The van der Waals surface area contributed by atoms with Gasteiger partial charge in [0.15, 0.2) is 0 Å². The van der Waals surface area contributed by atoms with Gasteiger partial charge < -0.3 is 10.6 Å². The third kappa shape index (κ3) is 2.85. The molecule has 2 rings (SSSR count). The summed E-state index contributed by atoms with van der Waals surface area (Å²) >= 11 is 1.81. The Morgan fingerprint density at radius 3 is 2.72 bits per heavy atom. The number of nitrogens with two attached hydrogens (primary N) is 1. The SMILES string of the molecule is Cc1ccc(N(C)C(C)Cc2cccs2)c(N)c1. The summed E-state index contributed by atoms with van der Waals surface area (Å²) in [6, 6.07) is 11.0. The van der Waals surface area contributed by atoms with Gasteiger partial charge in [-0.05, 0) is 43.0 Å². The quantitative estimate of drug-likeness (QED) is 0.849. The number of benzene rings is 1. The van der Waals surface area contributed by atoms with Gasteiger partial charge in [0.05, 0.1) is 11.4 Å². The lowest BCUT2D eigenvalue weighted by molar-refractivity contribution is 0.689. The Morgan fingerprint density at radius 1 is 1.33 bits per heavy atom. The Bertz CT molecular complexity index is 505. The predicted octanol–water partition coefficient (Wildman–Crippen LogP) is 3.71. The largest absolute Gasteiger partial charge is 0.397 e. The van der Waals surface area contributed by atoms with Crippen molar-refractivity contribution in [1.29, 1.82) is 0 Å². The maximum atomic E-state index is 6.09. The number of nitrogens with zero attached hydrogens (tertiary/aromatic N) is 1. The van der Waals surface area contributed by atoms with Crippen molar-refractivity contribution in [3.05, 3.63) is 46.2 Å². The van der Waals surface area contributed by atoms with E-state index < -0.39 is 0 Å². The average molecular weight is 260 g/mol. The number of hydrogen-bond acceptors (Lipinski definition) is 3. The van der Waals surface area contributed by atoms with E-state index in [-0.39, 0.29) is 0 Å². The summed E-state index contributed by atoms with van der Waals surface area (Å²) in [5.74, 6) is 0. The molecule has 0 aliphatic heterocycles. The second kappa shape index (κ2) is 5.44. The molecule has 1 heterocycles. The van der Waals surface area contributed by atoms with Crippen LogP contribution in [0, 0.1) is 6.92 Å². The molecule has 0 amide bonds. The molecule has 1 aromatic carbocycles. The first-order chi connectivity index (χ1) is 8.58. The summed E-state index contributed by atoms with van der Waals surface area (Å²) in [6.07, 6.45) is 1.06. The Balaban J connectivity index is 2.12. The fraction of sp³-hybridized carbons (Fsp3) is 0.333. The second-order valence-corrected chi connectivity index (χ2v) is 5.84. The number of thiophene rings is 1. The average Bonchev–Trinajstić information content (AvgIpc) is 2.81. The summed E-state index contributed by atoms with van der Waals surface area (Å²) in [4.78, 5) is 3.68. The molecule has 0 bridgehead atoms. The van der Waals surface area contributed by atoms with Crippen LogP contribution in [-0.4, -0.2) is 13.1 Å². The van der Waals surface area contributed by atoms with Crippen LogP contribution in [0.1, 0.15) is 17.4 Å². The lowest BCUT2D eigenvalue weighted by atomic mass is 10.1. The van der Waals surface area contributed by atoms with Gasteiger partial charge in [0.2, 0.25) is 0 Å². The van der Waals surface area contributed by atoms with Gasteiger partial charge in [-0.25, -0.2) is 0 Å². The van der Waals surface area contributed by atoms with Crippen molar-refractivity contribution in [2.75, 3.05) is 17.7 Å². The van der Waals surface area contributed by atoms with Gasteiger partial charge in [-0.15, -0.1) is 11.3 Å². The standard InChI is InChI=1S/C15H20N2S/c1-11-6-7-15(14(16)9-11)17(3)12(2)10-13-5-4-8-18-13/h4-9,12H,10,16H2,1-3H3. The van der Waals surface area contributed by atoms with Crippen LogP contribution in [-0.2, 0) is 6.42 Å². The molecule has 0 saturated heterocycles. The molecular formula is C15H20N2S. The van der Waals surface area contributed by atoms with Crippen LogP contribution in [0.25, 0.3) is 0 Å². The van der Waals surface area contributed by atoms with Gasteiger partial charge in [-0.3, -0.25) is 0 Å². The topological polar surface area (TPSA) is 29.3 Å². The molecule has 18 heavy (non-hydrogen) atoms. The van der Waals surface area contributed by atoms with E-state index in [4.69, 9.17) is 5.73 Å². The van der Waals surface area contributed by atoms with E-state index in [9.17, 15) is 0 Å². The van der Waals surface area contributed by atoms with Crippen LogP contribution in [0.2, 0.25) is 0 Å². The van der Waals surface area contributed by atoms with Crippen molar-refractivity contribution in [3.8, 4) is 0 Å². The molecule has 0 spiro atoms. The van der Waals surface area contributed by atoms with E-state index in [2.05, 4.69) is 55.4 Å². The number of likely N-dealkylation sites (N-methyl/N-ethyl adjacent to an activating group) is 1. The van der Waals surface area contributed by atoms with Gasteiger partial charge in [0.25, 0.3) is 0 Å². The smallest absolute Gasteiger partial charge is 0.0600 e. The number of aryl methyl sites for hydroxylation is 1. The van der Waals surface area contributed by atoms with E-state index in [1.807, 2.05) is 17.4 Å². The molecule has 0 radical (unpaired) electrons. The van der Waals surface area contributed by atoms with E-state index in [1.54, 1.807) is 0 Å². The maximum absolute atomic E-state index is 6.09. The molecule has 0 saturated carbocycles. The molecule has 0 aliphatic rings. The lowest BCUT2D eigenvalue weighted by Crippen LogP contribution is -2.31. The van der Waals surface area contributed by atoms with Crippen LogP contribution in [0.3, 0.4) is 0 Å². The highest BCUT2D eigenvalue weighted by Gasteiger charge is 2.13. The minimum Gasteiger partial charge on any atom is -0.397 e. The first kappa shape index (κ1) is 13.0. The van der Waals surface area contributed by atoms with E-state index >= 15 is 0 Å². The summed E-state index contributed by atoms with van der Waals surface area (Å²) in [7, 11) is 2.11. The van der Waals surface area contributed by atoms with E-state index in [1.165, 1.54) is 10.4 Å². The molecule has 0 aliphatic carbocycles. The molecule has 2 aromatic rings. The van der Waals surface area contributed by atoms with Crippen molar-refractivity contribution in [3.63, 3.8) is 0 Å². The molecule has 2 N–H and O–H groups in total. The van der Waals surface area contributed by atoms with Crippen LogP contribution < -0.4 is 10.6 Å². The molecule has 1 unspecified atom stereocenters. The molecule has 1 aromatic heterocycles. The van der Waals surface area contributed by atoms with Gasteiger partial charge in [-0.1, -0.05) is 12.1 Å². The number of hydrogen-bond donors (Lipinski definition) is 1. The number of anilines is 2. The van der Waals surface area contributed by atoms with Crippen molar-refractivity contribution in [2.24, 2.45) is 0 Å². The summed E-state index contributed by atoms with van der Waals surface area (Å²) < 4.78 is 0. The third-order valence-electron chi connectivity index (χ3n) is 3.30. The van der Waals surface area contributed by atoms with Gasteiger partial charge in [-0.2, -0.15) is 0 Å². The minimum atomic E-state index is 0.439. The van der Waals surface area contributed by atoms with Crippen LogP contribution in [0.15, 0.2) is 35.7 Å². The Hall–Kier alpha value is -1.48.